The minimum atomic E-state index is -0.473. The van der Waals surface area contributed by atoms with Crippen LogP contribution in [-0.4, -0.2) is 54.5 Å². The van der Waals surface area contributed by atoms with Gasteiger partial charge in [-0.1, -0.05) is 6.07 Å². The van der Waals surface area contributed by atoms with Crippen LogP contribution in [0.1, 0.15) is 32.6 Å². The Balaban J connectivity index is 1.39. The maximum absolute atomic E-state index is 13.1. The topological polar surface area (TPSA) is 60.8 Å². The van der Waals surface area contributed by atoms with E-state index in [1.54, 1.807) is 29.1 Å². The number of esters is 1. The molecule has 0 saturated carbocycles. The molecule has 6 nitrogen and oxygen atoms in total. The third kappa shape index (κ3) is 6.29. The van der Waals surface area contributed by atoms with Gasteiger partial charge in [-0.15, -0.1) is 23.1 Å². The predicted octanol–water partition coefficient (Wildman–Crippen LogP) is 5.29. The van der Waals surface area contributed by atoms with Crippen molar-refractivity contribution in [2.24, 2.45) is 5.41 Å². The number of methoxy groups -OCH3 is 1. The zero-order valence-corrected chi connectivity index (χ0v) is 22.2. The van der Waals surface area contributed by atoms with Crippen LogP contribution in [0.4, 0.5) is 0 Å². The summed E-state index contributed by atoms with van der Waals surface area (Å²) < 4.78 is 14.1. The lowest BCUT2D eigenvalue weighted by Gasteiger charge is -2.40. The summed E-state index contributed by atoms with van der Waals surface area (Å²) in [5, 5.41) is 3.11. The van der Waals surface area contributed by atoms with Gasteiger partial charge in [-0.25, -0.2) is 0 Å². The number of rotatable bonds is 11. The van der Waals surface area contributed by atoms with Crippen LogP contribution in [0.5, 0.6) is 5.75 Å². The first-order chi connectivity index (χ1) is 17.0. The summed E-state index contributed by atoms with van der Waals surface area (Å²) in [6, 6.07) is 13.5. The molecule has 2 aromatic heterocycles. The third-order valence-corrected chi connectivity index (χ3v) is 9.02. The van der Waals surface area contributed by atoms with E-state index in [1.807, 2.05) is 43.0 Å². The Kier molecular flexibility index (Phi) is 8.92. The first-order valence-corrected chi connectivity index (χ1v) is 14.1. The SMILES string of the molecule is CCOC(=O)C1(CCCn2c(=O)ccc3ccc(OC)cc32)CCN(CCSc2cccs2)CC1. The summed E-state index contributed by atoms with van der Waals surface area (Å²) in [5.74, 6) is 1.70. The number of carbonyl (C=O) groups excluding carboxylic acids is 1. The third-order valence-electron chi connectivity index (χ3n) is 6.91. The van der Waals surface area contributed by atoms with E-state index >= 15 is 0 Å². The van der Waals surface area contributed by atoms with Crippen molar-refractivity contribution in [2.75, 3.05) is 39.1 Å². The van der Waals surface area contributed by atoms with Gasteiger partial charge in [-0.05, 0) is 80.7 Å². The molecule has 0 radical (unpaired) electrons. The van der Waals surface area contributed by atoms with Crippen molar-refractivity contribution < 1.29 is 14.3 Å². The highest BCUT2D eigenvalue weighted by atomic mass is 32.2. The van der Waals surface area contributed by atoms with E-state index in [0.717, 1.165) is 67.7 Å². The highest BCUT2D eigenvalue weighted by Crippen LogP contribution is 2.38. The fourth-order valence-electron chi connectivity index (χ4n) is 4.87. The Morgan fingerprint density at radius 1 is 1.14 bits per heavy atom. The van der Waals surface area contributed by atoms with Crippen LogP contribution in [0.2, 0.25) is 0 Å². The van der Waals surface area contributed by atoms with Gasteiger partial charge in [-0.2, -0.15) is 0 Å². The number of hydrogen-bond donors (Lipinski definition) is 0. The van der Waals surface area contributed by atoms with Crippen LogP contribution in [-0.2, 0) is 16.1 Å². The molecule has 0 aliphatic carbocycles. The number of thioether (sulfide) groups is 1. The van der Waals surface area contributed by atoms with Crippen LogP contribution < -0.4 is 10.3 Å². The maximum atomic E-state index is 13.1. The van der Waals surface area contributed by atoms with Gasteiger partial charge in [-0.3, -0.25) is 9.59 Å². The maximum Gasteiger partial charge on any atom is 0.312 e. The smallest absolute Gasteiger partial charge is 0.312 e. The normalized spacial score (nSPS) is 15.8. The molecule has 1 aliphatic heterocycles. The van der Waals surface area contributed by atoms with Gasteiger partial charge in [0.25, 0.3) is 5.56 Å². The van der Waals surface area contributed by atoms with E-state index in [-0.39, 0.29) is 11.5 Å². The fourth-order valence-corrected chi connectivity index (χ4v) is 6.73. The molecule has 1 fully saturated rings. The van der Waals surface area contributed by atoms with Crippen molar-refractivity contribution in [3.8, 4) is 5.75 Å². The Labute approximate surface area is 215 Å². The number of hydrogen-bond acceptors (Lipinski definition) is 7. The molecule has 4 rings (SSSR count). The number of aromatic nitrogens is 1. The number of fused-ring (bicyclic) bond motifs is 1. The van der Waals surface area contributed by atoms with Crippen LogP contribution in [0, 0.1) is 5.41 Å². The number of thiophene rings is 1. The number of nitrogens with zero attached hydrogens (tertiary/aromatic N) is 2. The van der Waals surface area contributed by atoms with Crippen molar-refractivity contribution in [3.05, 3.63) is 58.2 Å². The van der Waals surface area contributed by atoms with Gasteiger partial charge in [0.1, 0.15) is 5.75 Å². The lowest BCUT2D eigenvalue weighted by molar-refractivity contribution is -0.159. The molecule has 0 N–H and O–H groups in total. The van der Waals surface area contributed by atoms with Gasteiger partial charge < -0.3 is 18.9 Å². The second-order valence-electron chi connectivity index (χ2n) is 8.97. The summed E-state index contributed by atoms with van der Waals surface area (Å²) in [7, 11) is 1.63. The van der Waals surface area contributed by atoms with E-state index in [2.05, 4.69) is 22.4 Å². The van der Waals surface area contributed by atoms with Gasteiger partial charge in [0.15, 0.2) is 0 Å². The summed E-state index contributed by atoms with van der Waals surface area (Å²) >= 11 is 3.68. The lowest BCUT2D eigenvalue weighted by Crippen LogP contribution is -2.46. The minimum Gasteiger partial charge on any atom is -0.497 e. The monoisotopic (exact) mass is 514 g/mol. The molecule has 3 heterocycles. The number of carbonyl (C=O) groups is 1. The highest BCUT2D eigenvalue weighted by molar-refractivity contribution is 8.01. The second-order valence-corrected chi connectivity index (χ2v) is 11.3. The Morgan fingerprint density at radius 2 is 1.94 bits per heavy atom. The summed E-state index contributed by atoms with van der Waals surface area (Å²) in [6.07, 6.45) is 3.06. The zero-order chi connectivity index (χ0) is 24.7. The van der Waals surface area contributed by atoms with Crippen LogP contribution in [0.25, 0.3) is 10.9 Å². The van der Waals surface area contributed by atoms with Crippen LogP contribution in [0.3, 0.4) is 0 Å². The van der Waals surface area contributed by atoms with Gasteiger partial charge in [0, 0.05) is 31.0 Å². The lowest BCUT2D eigenvalue weighted by atomic mass is 9.74. The molecule has 1 aromatic carbocycles. The molecular weight excluding hydrogens is 480 g/mol. The van der Waals surface area contributed by atoms with Crippen molar-refractivity contribution in [1.82, 2.24) is 9.47 Å². The molecule has 35 heavy (non-hydrogen) atoms. The highest BCUT2D eigenvalue weighted by Gasteiger charge is 2.42. The Hall–Kier alpha value is -2.29. The molecule has 8 heteroatoms. The van der Waals surface area contributed by atoms with Gasteiger partial charge in [0.05, 0.1) is 28.9 Å². The van der Waals surface area contributed by atoms with Crippen molar-refractivity contribution in [1.29, 1.82) is 0 Å². The largest absolute Gasteiger partial charge is 0.497 e. The van der Waals surface area contributed by atoms with E-state index in [1.165, 1.54) is 4.21 Å². The average molecular weight is 515 g/mol. The molecule has 0 bridgehead atoms. The molecule has 188 valence electrons. The number of benzene rings is 1. The first kappa shape index (κ1) is 25.8. The Morgan fingerprint density at radius 3 is 2.66 bits per heavy atom. The average Bonchev–Trinajstić information content (AvgIpc) is 3.40. The second kappa shape index (κ2) is 12.1. The van der Waals surface area contributed by atoms with E-state index in [4.69, 9.17) is 9.47 Å². The molecule has 3 aromatic rings. The molecule has 0 spiro atoms. The Bertz CT molecular complexity index is 1170. The standard InChI is InChI=1S/C27H34N2O4S2/c1-3-33-26(31)27(12-15-28(16-13-27)17-19-35-25-6-4-18-34-25)11-5-14-29-23-20-22(32-2)9-7-21(23)8-10-24(29)30/h4,6-10,18,20H,3,5,11-17,19H2,1-2H3. The number of piperidine rings is 1. The van der Waals surface area contributed by atoms with E-state index in [0.29, 0.717) is 13.2 Å². The number of pyridine rings is 1. The van der Waals surface area contributed by atoms with E-state index in [9.17, 15) is 9.59 Å². The minimum absolute atomic E-state index is 0.0333. The van der Waals surface area contributed by atoms with Gasteiger partial charge in [0.2, 0.25) is 0 Å². The quantitative estimate of drug-likeness (QED) is 0.256. The predicted molar refractivity (Wildman–Crippen MR) is 144 cm³/mol. The van der Waals surface area contributed by atoms with Crippen molar-refractivity contribution in [2.45, 2.75) is 43.4 Å². The molecular formula is C27H34N2O4S2. The molecule has 1 aliphatic rings. The molecule has 0 atom stereocenters. The molecule has 0 unspecified atom stereocenters. The zero-order valence-electron chi connectivity index (χ0n) is 20.5. The van der Waals surface area contributed by atoms with Crippen LogP contribution in [0.15, 0.2) is 56.8 Å². The van der Waals surface area contributed by atoms with Crippen molar-refractivity contribution in [3.63, 3.8) is 0 Å². The van der Waals surface area contributed by atoms with E-state index < -0.39 is 5.41 Å². The summed E-state index contributed by atoms with van der Waals surface area (Å²) in [5.41, 5.74) is 0.355. The van der Waals surface area contributed by atoms with Gasteiger partial charge >= 0.3 is 5.97 Å². The first-order valence-electron chi connectivity index (χ1n) is 12.3. The van der Waals surface area contributed by atoms with Crippen LogP contribution >= 0.6 is 23.1 Å². The number of aryl methyl sites for hydroxylation is 1. The van der Waals surface area contributed by atoms with Crippen molar-refractivity contribution >= 4 is 40.0 Å². The summed E-state index contributed by atoms with van der Waals surface area (Å²) in [4.78, 5) is 28.2. The number of ether oxygens (including phenoxy) is 2. The fraction of sp³-hybridized carbons (Fsp3) is 0.481. The molecule has 0 amide bonds. The molecule has 1 saturated heterocycles. The number of likely N-dealkylation sites (tertiary alicyclic amines) is 1. The summed E-state index contributed by atoms with van der Waals surface area (Å²) in [6.45, 7) is 5.64.